The van der Waals surface area contributed by atoms with E-state index in [-0.39, 0.29) is 24.3 Å². The molecule has 0 aromatic heterocycles. The highest BCUT2D eigenvalue weighted by molar-refractivity contribution is 8.01. The van der Waals surface area contributed by atoms with Gasteiger partial charge < -0.3 is 25.6 Å². The minimum absolute atomic E-state index is 0.195. The third-order valence-corrected chi connectivity index (χ3v) is 5.59. The molecule has 1 saturated heterocycles. The van der Waals surface area contributed by atoms with Gasteiger partial charge in [0.25, 0.3) is 0 Å². The zero-order valence-electron chi connectivity index (χ0n) is 13.2. The number of carboxylic acids is 1. The second kappa shape index (κ2) is 7.33. The first-order valence-corrected chi connectivity index (χ1v) is 8.39. The lowest BCUT2D eigenvalue weighted by molar-refractivity contribution is -0.692. The molecule has 1 heterocycles. The molecular formula is C16H22N2O4S. The Morgan fingerprint density at radius 2 is 2.04 bits per heavy atom. The van der Waals surface area contributed by atoms with Crippen molar-refractivity contribution in [2.45, 2.75) is 42.5 Å². The summed E-state index contributed by atoms with van der Waals surface area (Å²) in [5.74, 6) is -1.32. The van der Waals surface area contributed by atoms with E-state index in [9.17, 15) is 19.8 Å². The molecule has 0 aliphatic carbocycles. The molecule has 1 aliphatic rings. The Bertz CT molecular complexity index is 564. The lowest BCUT2D eigenvalue weighted by Gasteiger charge is -2.21. The molecule has 4 N–H and O–H groups in total. The number of carboxylic acid groups (broad SMARTS) is 1. The molecule has 23 heavy (non-hydrogen) atoms. The van der Waals surface area contributed by atoms with Gasteiger partial charge in [0, 0.05) is 0 Å². The monoisotopic (exact) mass is 338 g/mol. The molecular weight excluding hydrogens is 316 g/mol. The molecule has 0 bridgehead atoms. The van der Waals surface area contributed by atoms with Crippen molar-refractivity contribution >= 4 is 23.6 Å². The van der Waals surface area contributed by atoms with Crippen LogP contribution in [0, 0.1) is 0 Å². The Morgan fingerprint density at radius 3 is 2.57 bits per heavy atom. The predicted molar refractivity (Wildman–Crippen MR) is 85.3 cm³/mol. The number of aliphatic carboxylic acids is 1. The third kappa shape index (κ3) is 4.46. The lowest BCUT2D eigenvalue weighted by Crippen LogP contribution is -2.98. The lowest BCUT2D eigenvalue weighted by atomic mass is 10.0. The van der Waals surface area contributed by atoms with Gasteiger partial charge in [-0.2, -0.15) is 0 Å². The van der Waals surface area contributed by atoms with Gasteiger partial charge in [-0.25, -0.2) is 0 Å². The maximum atomic E-state index is 12.1. The van der Waals surface area contributed by atoms with Gasteiger partial charge in [0.1, 0.15) is 18.1 Å². The van der Waals surface area contributed by atoms with Crippen LogP contribution in [0.4, 0.5) is 0 Å². The molecule has 126 valence electrons. The van der Waals surface area contributed by atoms with Crippen molar-refractivity contribution < 1.29 is 25.1 Å². The van der Waals surface area contributed by atoms with E-state index in [0.717, 1.165) is 5.56 Å². The number of carbonyl (C=O) groups excluding carboxylic acids is 2. The Hall–Kier alpha value is -1.57. The van der Waals surface area contributed by atoms with E-state index in [1.54, 1.807) is 5.32 Å². The second-order valence-electron chi connectivity index (χ2n) is 6.19. The van der Waals surface area contributed by atoms with Crippen LogP contribution in [0.25, 0.3) is 0 Å². The van der Waals surface area contributed by atoms with Crippen LogP contribution in [0.2, 0.25) is 0 Å². The Morgan fingerprint density at radius 1 is 1.39 bits per heavy atom. The van der Waals surface area contributed by atoms with Crippen molar-refractivity contribution in [3.8, 4) is 0 Å². The number of thioether (sulfide) groups is 1. The standard InChI is InChI=1S/C16H22N2O4S/c1-16(2)13(15(21)22)18-14(23-16)11(9-19)17-12(20)8-10-6-4-3-5-7-10/h3-7,11,13-14,18-19H,8-9H2,1-2H3,(H,17,20)(H,21,22)/t11-,13+,14-/m1/s1. The fraction of sp³-hybridized carbons (Fsp3) is 0.500. The van der Waals surface area contributed by atoms with Gasteiger partial charge in [0.05, 0.1) is 17.8 Å². The van der Waals surface area contributed by atoms with Gasteiger partial charge in [-0.1, -0.05) is 42.1 Å². The third-order valence-electron chi connectivity index (χ3n) is 3.97. The van der Waals surface area contributed by atoms with E-state index in [1.807, 2.05) is 44.2 Å². The number of nitrogens with two attached hydrogens (primary N) is 1. The predicted octanol–water partition coefficient (Wildman–Crippen LogP) is -1.76. The summed E-state index contributed by atoms with van der Waals surface area (Å²) in [4.78, 5) is 23.4. The molecule has 0 spiro atoms. The van der Waals surface area contributed by atoms with Crippen LogP contribution in [0.5, 0.6) is 0 Å². The molecule has 1 aromatic rings. The molecule has 7 heteroatoms. The summed E-state index contributed by atoms with van der Waals surface area (Å²) in [6, 6.07) is 8.10. The Balaban J connectivity index is 1.98. The van der Waals surface area contributed by atoms with Crippen LogP contribution in [-0.2, 0) is 16.0 Å². The first kappa shape index (κ1) is 17.8. The van der Waals surface area contributed by atoms with Crippen molar-refractivity contribution in [3.63, 3.8) is 0 Å². The van der Waals surface area contributed by atoms with Crippen LogP contribution in [-0.4, -0.2) is 45.8 Å². The van der Waals surface area contributed by atoms with E-state index in [1.165, 1.54) is 11.8 Å². The van der Waals surface area contributed by atoms with Crippen molar-refractivity contribution in [2.24, 2.45) is 0 Å². The number of quaternary nitrogens is 1. The van der Waals surface area contributed by atoms with Gasteiger partial charge in [0.2, 0.25) is 5.91 Å². The fourth-order valence-corrected chi connectivity index (χ4v) is 4.31. The number of hydrogen-bond acceptors (Lipinski definition) is 5. The summed E-state index contributed by atoms with van der Waals surface area (Å²) in [7, 11) is 0. The normalized spacial score (nSPS) is 24.1. The van der Waals surface area contributed by atoms with Crippen molar-refractivity contribution in [3.05, 3.63) is 35.9 Å². The summed E-state index contributed by atoms with van der Waals surface area (Å²) >= 11 is 1.43. The molecule has 1 aliphatic heterocycles. The number of aliphatic hydroxyl groups excluding tert-OH is 1. The Labute approximate surface area is 139 Å². The van der Waals surface area contributed by atoms with E-state index in [2.05, 4.69) is 5.32 Å². The molecule has 0 radical (unpaired) electrons. The van der Waals surface area contributed by atoms with Gasteiger partial charge in [0.15, 0.2) is 5.37 Å². The zero-order chi connectivity index (χ0) is 17.0. The molecule has 1 aromatic carbocycles. The summed E-state index contributed by atoms with van der Waals surface area (Å²) in [5, 5.41) is 25.0. The van der Waals surface area contributed by atoms with Crippen molar-refractivity contribution in [1.29, 1.82) is 0 Å². The maximum absolute atomic E-state index is 12.1. The van der Waals surface area contributed by atoms with Crippen LogP contribution in [0.15, 0.2) is 30.3 Å². The average molecular weight is 338 g/mol. The number of aliphatic hydroxyl groups is 1. The molecule has 6 nitrogen and oxygen atoms in total. The summed E-state index contributed by atoms with van der Waals surface area (Å²) in [5.41, 5.74) is 0.887. The number of hydrogen-bond donors (Lipinski definition) is 3. The number of rotatable bonds is 6. The molecule has 1 amide bonds. The first-order chi connectivity index (χ1) is 10.8. The maximum Gasteiger partial charge on any atom is 0.224 e. The highest BCUT2D eigenvalue weighted by Crippen LogP contribution is 2.34. The largest absolute Gasteiger partial charge is 0.544 e. The fourth-order valence-electron chi connectivity index (χ4n) is 2.73. The van der Waals surface area contributed by atoms with E-state index in [4.69, 9.17) is 0 Å². The van der Waals surface area contributed by atoms with E-state index < -0.39 is 22.8 Å². The van der Waals surface area contributed by atoms with Crippen LogP contribution in [0.1, 0.15) is 19.4 Å². The van der Waals surface area contributed by atoms with Crippen LogP contribution in [0.3, 0.4) is 0 Å². The van der Waals surface area contributed by atoms with Gasteiger partial charge in [-0.15, -0.1) is 0 Å². The highest BCUT2D eigenvalue weighted by atomic mass is 32.2. The topological polar surface area (TPSA) is 106 Å². The summed E-state index contributed by atoms with van der Waals surface area (Å²) in [6.45, 7) is 3.41. The minimum atomic E-state index is -1.13. The molecule has 3 atom stereocenters. The van der Waals surface area contributed by atoms with Gasteiger partial charge >= 0.3 is 0 Å². The SMILES string of the molecule is CC1(C)S[C@H]([C@@H](CO)NC(=O)Cc2ccccc2)[NH2+][C@H]1C(=O)[O-]. The average Bonchev–Trinajstić information content (AvgIpc) is 2.81. The number of benzene rings is 1. The molecule has 1 fully saturated rings. The number of carbonyl (C=O) groups is 2. The molecule has 0 unspecified atom stereocenters. The molecule has 2 rings (SSSR count). The van der Waals surface area contributed by atoms with Crippen LogP contribution >= 0.6 is 11.8 Å². The van der Waals surface area contributed by atoms with Crippen LogP contribution < -0.4 is 15.7 Å². The minimum Gasteiger partial charge on any atom is -0.544 e. The van der Waals surface area contributed by atoms with E-state index >= 15 is 0 Å². The quantitative estimate of drug-likeness (QED) is 0.570. The zero-order valence-corrected chi connectivity index (χ0v) is 14.0. The second-order valence-corrected chi connectivity index (χ2v) is 8.03. The molecule has 0 saturated carbocycles. The van der Waals surface area contributed by atoms with Gasteiger partial charge in [-0.3, -0.25) is 4.79 Å². The van der Waals surface area contributed by atoms with Gasteiger partial charge in [-0.05, 0) is 19.4 Å². The summed E-state index contributed by atoms with van der Waals surface area (Å²) < 4.78 is -0.527. The number of amides is 1. The summed E-state index contributed by atoms with van der Waals surface area (Å²) in [6.07, 6.45) is 0.224. The van der Waals surface area contributed by atoms with Crippen molar-refractivity contribution in [1.82, 2.24) is 5.32 Å². The van der Waals surface area contributed by atoms with E-state index in [0.29, 0.717) is 0 Å². The number of nitrogens with one attached hydrogen (secondary N) is 1. The highest BCUT2D eigenvalue weighted by Gasteiger charge is 2.48. The van der Waals surface area contributed by atoms with Crippen molar-refractivity contribution in [2.75, 3.05) is 6.61 Å². The smallest absolute Gasteiger partial charge is 0.224 e. The first-order valence-electron chi connectivity index (χ1n) is 7.51. The Kier molecular flexibility index (Phi) is 5.67.